The first-order chi connectivity index (χ1) is 10.4. The molecule has 1 rings (SSSR count). The van der Waals surface area contributed by atoms with E-state index in [1.54, 1.807) is 0 Å². The zero-order valence-electron chi connectivity index (χ0n) is 12.3. The first kappa shape index (κ1) is 19.8. The van der Waals surface area contributed by atoms with Gasteiger partial charge in [0.2, 0.25) is 0 Å². The molecule has 1 fully saturated rings. The van der Waals surface area contributed by atoms with Gasteiger partial charge in [0, 0.05) is 6.92 Å². The lowest BCUT2D eigenvalue weighted by Gasteiger charge is -2.41. The molecule has 0 radical (unpaired) electrons. The van der Waals surface area contributed by atoms with E-state index in [4.69, 9.17) is 14.3 Å². The Labute approximate surface area is 137 Å². The molecule has 1 aliphatic heterocycles. The van der Waals surface area contributed by atoms with Gasteiger partial charge in [-0.05, 0) is 13.8 Å². The number of ketones is 1. The van der Waals surface area contributed by atoms with Gasteiger partial charge in [-0.15, -0.1) is 0 Å². The van der Waals surface area contributed by atoms with Gasteiger partial charge in [-0.2, -0.15) is 13.2 Å². The second kappa shape index (κ2) is 7.58. The molecule has 132 valence electrons. The number of hydrogen-bond acceptors (Lipinski definition) is 6. The average molecular weight is 406 g/mol. The number of esters is 1. The van der Waals surface area contributed by atoms with Gasteiger partial charge in [0.25, 0.3) is 0 Å². The third-order valence-corrected chi connectivity index (χ3v) is 3.83. The predicted molar refractivity (Wildman–Crippen MR) is 72.1 cm³/mol. The second-order valence-corrected chi connectivity index (χ2v) is 5.82. The standard InChI is InChI=1S/C12H15BrF3NO6/c1-4(18)7-8(23-17-11(20)12(14,15)16)5(2)21-10(13)9(7)22-6(3)19/h5,7-10H,1-3H3,(H,17,20)/t5-,7-,8-,9-,10+/m1/s1. The summed E-state index contributed by atoms with van der Waals surface area (Å²) in [5, 5.41) is -0.853. The van der Waals surface area contributed by atoms with Crippen LogP contribution in [0.25, 0.3) is 0 Å². The third kappa shape index (κ3) is 5.15. The molecule has 0 bridgehead atoms. The Morgan fingerprint density at radius 3 is 2.17 bits per heavy atom. The monoisotopic (exact) mass is 405 g/mol. The quantitative estimate of drug-likeness (QED) is 0.429. The number of Topliss-reactive ketones (excluding diaryl/α,β-unsaturated/α-hetero) is 1. The van der Waals surface area contributed by atoms with Crippen LogP contribution in [0.3, 0.4) is 0 Å². The van der Waals surface area contributed by atoms with Crippen molar-refractivity contribution in [2.24, 2.45) is 5.92 Å². The van der Waals surface area contributed by atoms with Crippen LogP contribution in [0.2, 0.25) is 0 Å². The maximum absolute atomic E-state index is 12.2. The summed E-state index contributed by atoms with van der Waals surface area (Å²) >= 11 is 3.10. The Balaban J connectivity index is 2.95. The van der Waals surface area contributed by atoms with Crippen LogP contribution in [0.1, 0.15) is 20.8 Å². The Hall–Kier alpha value is -1.20. The van der Waals surface area contributed by atoms with E-state index in [2.05, 4.69) is 15.9 Å². The molecule has 0 spiro atoms. The number of nitrogens with one attached hydrogen (secondary N) is 1. The average Bonchev–Trinajstić information content (AvgIpc) is 2.37. The van der Waals surface area contributed by atoms with E-state index in [9.17, 15) is 27.6 Å². The lowest BCUT2D eigenvalue weighted by molar-refractivity contribution is -0.224. The van der Waals surface area contributed by atoms with E-state index < -0.39 is 53.1 Å². The van der Waals surface area contributed by atoms with Gasteiger partial charge in [-0.3, -0.25) is 19.2 Å². The van der Waals surface area contributed by atoms with E-state index in [1.165, 1.54) is 19.3 Å². The fourth-order valence-corrected chi connectivity index (χ4v) is 2.91. The highest BCUT2D eigenvalue weighted by molar-refractivity contribution is 9.09. The topological polar surface area (TPSA) is 90.9 Å². The molecule has 11 heteroatoms. The van der Waals surface area contributed by atoms with E-state index in [1.807, 2.05) is 0 Å². The predicted octanol–water partition coefficient (Wildman–Crippen LogP) is 1.24. The summed E-state index contributed by atoms with van der Waals surface area (Å²) in [6, 6.07) is 0. The van der Waals surface area contributed by atoms with Crippen LogP contribution >= 0.6 is 15.9 Å². The van der Waals surface area contributed by atoms with Crippen molar-refractivity contribution in [3.63, 3.8) is 0 Å². The Kier molecular flexibility index (Phi) is 6.54. The van der Waals surface area contributed by atoms with Crippen LogP contribution in [0, 0.1) is 5.92 Å². The van der Waals surface area contributed by atoms with Gasteiger partial charge in [0.15, 0.2) is 11.1 Å². The van der Waals surface area contributed by atoms with Crippen molar-refractivity contribution >= 4 is 33.6 Å². The summed E-state index contributed by atoms with van der Waals surface area (Å²) in [5.74, 6) is -4.65. The molecular weight excluding hydrogens is 391 g/mol. The van der Waals surface area contributed by atoms with E-state index in [0.717, 1.165) is 6.92 Å². The zero-order valence-corrected chi connectivity index (χ0v) is 13.9. The van der Waals surface area contributed by atoms with Gasteiger partial charge in [0.05, 0.1) is 12.0 Å². The Bertz CT molecular complexity index is 486. The molecular formula is C12H15BrF3NO6. The van der Waals surface area contributed by atoms with Crippen LogP contribution in [0.5, 0.6) is 0 Å². The normalized spacial score (nSPS) is 31.3. The van der Waals surface area contributed by atoms with Gasteiger partial charge in [-0.1, -0.05) is 15.9 Å². The molecule has 7 nitrogen and oxygen atoms in total. The molecule has 0 aromatic rings. The first-order valence-electron chi connectivity index (χ1n) is 6.45. The third-order valence-electron chi connectivity index (χ3n) is 3.09. The van der Waals surface area contributed by atoms with Crippen molar-refractivity contribution in [1.29, 1.82) is 0 Å². The summed E-state index contributed by atoms with van der Waals surface area (Å²) < 4.78 is 46.9. The van der Waals surface area contributed by atoms with Crippen molar-refractivity contribution in [2.75, 3.05) is 0 Å². The Morgan fingerprint density at radius 1 is 1.17 bits per heavy atom. The summed E-state index contributed by atoms with van der Waals surface area (Å²) in [5.41, 5.74) is 1.24. The van der Waals surface area contributed by atoms with E-state index in [-0.39, 0.29) is 0 Å². The highest BCUT2D eigenvalue weighted by Crippen LogP contribution is 2.33. The summed E-state index contributed by atoms with van der Waals surface area (Å²) in [7, 11) is 0. The first-order valence-corrected chi connectivity index (χ1v) is 7.36. The van der Waals surface area contributed by atoms with Crippen molar-refractivity contribution in [3.05, 3.63) is 0 Å². The van der Waals surface area contributed by atoms with Crippen LogP contribution in [-0.2, 0) is 28.7 Å². The summed E-state index contributed by atoms with van der Waals surface area (Å²) in [6.45, 7) is 3.72. The molecule has 1 N–H and O–H groups in total. The Morgan fingerprint density at radius 2 is 1.74 bits per heavy atom. The fraction of sp³-hybridized carbons (Fsp3) is 0.750. The lowest BCUT2D eigenvalue weighted by atomic mass is 9.87. The van der Waals surface area contributed by atoms with Gasteiger partial charge in [-0.25, -0.2) is 5.48 Å². The highest BCUT2D eigenvalue weighted by atomic mass is 79.9. The SMILES string of the molecule is CC(=O)O[C@@H]1[C@H](C(C)=O)[C@H](ONC(=O)C(F)(F)F)[C@@H](C)O[C@@H]1Br. The van der Waals surface area contributed by atoms with Crippen molar-refractivity contribution in [2.45, 2.75) is 50.3 Å². The lowest BCUT2D eigenvalue weighted by Crippen LogP contribution is -2.58. The minimum absolute atomic E-state index is 0.498. The number of ether oxygens (including phenoxy) is 2. The number of hydrogen-bond donors (Lipinski definition) is 1. The summed E-state index contributed by atoms with van der Waals surface area (Å²) in [4.78, 5) is 38.6. The fourth-order valence-electron chi connectivity index (χ4n) is 2.13. The number of rotatable bonds is 4. The van der Waals surface area contributed by atoms with Crippen molar-refractivity contribution < 1.29 is 41.9 Å². The molecule has 0 saturated carbocycles. The van der Waals surface area contributed by atoms with Gasteiger partial charge >= 0.3 is 18.1 Å². The molecule has 1 amide bonds. The molecule has 0 aromatic carbocycles. The molecule has 0 aliphatic carbocycles. The number of alkyl halides is 4. The van der Waals surface area contributed by atoms with Crippen LogP contribution < -0.4 is 5.48 Å². The van der Waals surface area contributed by atoms with Crippen LogP contribution in [0.15, 0.2) is 0 Å². The number of halogens is 4. The van der Waals surface area contributed by atoms with E-state index in [0.29, 0.717) is 0 Å². The van der Waals surface area contributed by atoms with Crippen LogP contribution in [-0.4, -0.2) is 47.2 Å². The molecule has 5 atom stereocenters. The van der Waals surface area contributed by atoms with Gasteiger partial charge in [0.1, 0.15) is 11.9 Å². The largest absolute Gasteiger partial charge is 0.473 e. The molecule has 23 heavy (non-hydrogen) atoms. The van der Waals surface area contributed by atoms with E-state index >= 15 is 0 Å². The number of carbonyl (C=O) groups is 3. The van der Waals surface area contributed by atoms with Crippen LogP contribution in [0.4, 0.5) is 13.2 Å². The number of hydroxylamine groups is 1. The van der Waals surface area contributed by atoms with Gasteiger partial charge < -0.3 is 9.47 Å². The number of carbonyl (C=O) groups excluding carboxylic acids is 3. The zero-order chi connectivity index (χ0) is 17.9. The maximum atomic E-state index is 12.2. The second-order valence-electron chi connectivity index (χ2n) is 4.91. The molecule has 0 unspecified atom stereocenters. The minimum Gasteiger partial charge on any atom is -0.458 e. The minimum atomic E-state index is -5.14. The smallest absolute Gasteiger partial charge is 0.458 e. The van der Waals surface area contributed by atoms with Crippen molar-refractivity contribution in [3.8, 4) is 0 Å². The summed E-state index contributed by atoms with van der Waals surface area (Å²) in [6.07, 6.45) is -8.38. The molecule has 1 heterocycles. The number of amides is 1. The maximum Gasteiger partial charge on any atom is 0.473 e. The van der Waals surface area contributed by atoms with Crippen molar-refractivity contribution in [1.82, 2.24) is 5.48 Å². The molecule has 0 aromatic heterocycles. The highest BCUT2D eigenvalue weighted by Gasteiger charge is 2.49. The molecule has 1 saturated heterocycles. The molecule has 1 aliphatic rings.